The molecule has 0 saturated heterocycles. The number of aliphatic hydroxyl groups is 1. The van der Waals surface area contributed by atoms with E-state index in [1.165, 1.54) is 12.1 Å². The molecule has 0 aliphatic carbocycles. The lowest BCUT2D eigenvalue weighted by molar-refractivity contribution is 0.169. The van der Waals surface area contributed by atoms with Gasteiger partial charge in [0.2, 0.25) is 0 Å². The van der Waals surface area contributed by atoms with E-state index >= 15 is 0 Å². The minimum Gasteiger partial charge on any atom is -0.386 e. The maximum absolute atomic E-state index is 13.6. The fourth-order valence-electron chi connectivity index (χ4n) is 2.44. The second-order valence-corrected chi connectivity index (χ2v) is 6.11. The number of aryl methyl sites for hydroxylation is 1. The zero-order valence-electron chi connectivity index (χ0n) is 14.7. The molecule has 0 aliphatic rings. The highest BCUT2D eigenvalue weighted by molar-refractivity contribution is 5.74. The van der Waals surface area contributed by atoms with Crippen molar-refractivity contribution in [3.8, 4) is 0 Å². The number of halogens is 1. The van der Waals surface area contributed by atoms with Crippen LogP contribution >= 0.6 is 0 Å². The number of rotatable bonds is 6. The van der Waals surface area contributed by atoms with E-state index in [2.05, 4.69) is 16.7 Å². The van der Waals surface area contributed by atoms with Crippen LogP contribution in [0.1, 0.15) is 22.8 Å². The molecule has 5 nitrogen and oxygen atoms in total. The van der Waals surface area contributed by atoms with Crippen molar-refractivity contribution >= 4 is 11.7 Å². The molecule has 2 aromatic rings. The number of hydrogen-bond acceptors (Lipinski definition) is 3. The zero-order valence-corrected chi connectivity index (χ0v) is 14.7. The van der Waals surface area contributed by atoms with Crippen LogP contribution in [0, 0.1) is 12.7 Å². The average Bonchev–Trinajstić information content (AvgIpc) is 2.58. The van der Waals surface area contributed by atoms with E-state index in [-0.39, 0.29) is 12.1 Å². The Morgan fingerprint density at radius 1 is 1.20 bits per heavy atom. The van der Waals surface area contributed by atoms with Gasteiger partial charge >= 0.3 is 6.03 Å². The van der Waals surface area contributed by atoms with Crippen molar-refractivity contribution in [1.29, 1.82) is 0 Å². The van der Waals surface area contributed by atoms with Crippen LogP contribution in [0.3, 0.4) is 0 Å². The van der Waals surface area contributed by atoms with Gasteiger partial charge in [0, 0.05) is 38.4 Å². The summed E-state index contributed by atoms with van der Waals surface area (Å²) in [5, 5.41) is 15.3. The Hall–Kier alpha value is -2.60. The van der Waals surface area contributed by atoms with Gasteiger partial charge in [0.25, 0.3) is 0 Å². The van der Waals surface area contributed by atoms with Gasteiger partial charge in [-0.15, -0.1) is 0 Å². The number of carbonyl (C=O) groups is 1. The summed E-state index contributed by atoms with van der Waals surface area (Å²) in [5.41, 5.74) is 3.35. The van der Waals surface area contributed by atoms with Crippen LogP contribution in [-0.4, -0.2) is 31.8 Å². The Bertz CT molecular complexity index is 734. The number of urea groups is 1. The van der Waals surface area contributed by atoms with Crippen LogP contribution in [0.25, 0.3) is 0 Å². The number of nitrogens with one attached hydrogen (secondary N) is 2. The van der Waals surface area contributed by atoms with Crippen molar-refractivity contribution in [1.82, 2.24) is 10.6 Å². The molecule has 25 heavy (non-hydrogen) atoms. The van der Waals surface area contributed by atoms with Gasteiger partial charge in [-0.1, -0.05) is 24.3 Å². The number of hydrogen-bond donors (Lipinski definition) is 3. The molecular formula is C19H24FN3O2. The van der Waals surface area contributed by atoms with Crippen LogP contribution in [0.2, 0.25) is 0 Å². The molecule has 0 saturated carbocycles. The summed E-state index contributed by atoms with van der Waals surface area (Å²) in [6.45, 7) is 2.30. The standard InChI is InChI=1S/C19H24FN3O2/c1-13-10-15(23(2)3)9-8-14(13)11-21-19(25)22-12-18(24)16-6-4-5-7-17(16)20/h4-10,18,24H,11-12H2,1-3H3,(H2,21,22,25). The maximum Gasteiger partial charge on any atom is 0.315 e. The molecule has 1 unspecified atom stereocenters. The molecule has 134 valence electrons. The number of amides is 2. The van der Waals surface area contributed by atoms with Gasteiger partial charge in [-0.3, -0.25) is 0 Å². The lowest BCUT2D eigenvalue weighted by Crippen LogP contribution is -2.37. The van der Waals surface area contributed by atoms with E-state index in [9.17, 15) is 14.3 Å². The Morgan fingerprint density at radius 3 is 2.56 bits per heavy atom. The molecule has 0 spiro atoms. The summed E-state index contributed by atoms with van der Waals surface area (Å²) in [4.78, 5) is 13.9. The molecule has 0 aliphatic heterocycles. The van der Waals surface area contributed by atoms with Gasteiger partial charge < -0.3 is 20.6 Å². The third-order valence-electron chi connectivity index (χ3n) is 4.00. The molecule has 1 atom stereocenters. The molecule has 0 heterocycles. The largest absolute Gasteiger partial charge is 0.386 e. The quantitative estimate of drug-likeness (QED) is 0.754. The molecular weight excluding hydrogens is 321 g/mol. The zero-order chi connectivity index (χ0) is 18.4. The third kappa shape index (κ3) is 5.19. The number of carbonyl (C=O) groups excluding carboxylic acids is 1. The van der Waals surface area contributed by atoms with Gasteiger partial charge in [0.05, 0.1) is 6.10 Å². The molecule has 0 fully saturated rings. The SMILES string of the molecule is Cc1cc(N(C)C)ccc1CNC(=O)NCC(O)c1ccccc1F. The van der Waals surface area contributed by atoms with Gasteiger partial charge in [-0.25, -0.2) is 9.18 Å². The van der Waals surface area contributed by atoms with E-state index < -0.39 is 18.0 Å². The van der Waals surface area contributed by atoms with Crippen molar-refractivity contribution in [3.63, 3.8) is 0 Å². The highest BCUT2D eigenvalue weighted by atomic mass is 19.1. The van der Waals surface area contributed by atoms with Gasteiger partial charge in [-0.2, -0.15) is 0 Å². The van der Waals surface area contributed by atoms with Crippen molar-refractivity contribution in [2.24, 2.45) is 0 Å². The first-order valence-corrected chi connectivity index (χ1v) is 8.09. The topological polar surface area (TPSA) is 64.6 Å². The highest BCUT2D eigenvalue weighted by Crippen LogP contribution is 2.17. The molecule has 0 aromatic heterocycles. The summed E-state index contributed by atoms with van der Waals surface area (Å²) >= 11 is 0. The minimum atomic E-state index is -1.09. The minimum absolute atomic E-state index is 0.0642. The summed E-state index contributed by atoms with van der Waals surface area (Å²) in [6.07, 6.45) is -1.09. The second kappa shape index (κ2) is 8.48. The van der Waals surface area contributed by atoms with Crippen molar-refractivity contribution < 1.29 is 14.3 Å². The smallest absolute Gasteiger partial charge is 0.315 e. The number of nitrogens with zero attached hydrogens (tertiary/aromatic N) is 1. The Morgan fingerprint density at radius 2 is 1.92 bits per heavy atom. The van der Waals surface area contributed by atoms with Crippen LogP contribution in [0.5, 0.6) is 0 Å². The molecule has 0 bridgehead atoms. The lowest BCUT2D eigenvalue weighted by atomic mass is 10.1. The maximum atomic E-state index is 13.6. The molecule has 2 amide bonds. The average molecular weight is 345 g/mol. The summed E-state index contributed by atoms with van der Waals surface area (Å²) in [5.74, 6) is -0.492. The number of anilines is 1. The molecule has 3 N–H and O–H groups in total. The molecule has 0 radical (unpaired) electrons. The first kappa shape index (κ1) is 18.7. The summed E-state index contributed by atoms with van der Waals surface area (Å²) in [7, 11) is 3.95. The first-order valence-electron chi connectivity index (χ1n) is 8.09. The summed E-state index contributed by atoms with van der Waals surface area (Å²) in [6, 6.07) is 11.6. The van der Waals surface area contributed by atoms with E-state index in [0.717, 1.165) is 16.8 Å². The second-order valence-electron chi connectivity index (χ2n) is 6.11. The van der Waals surface area contributed by atoms with Crippen molar-refractivity contribution in [2.75, 3.05) is 25.5 Å². The van der Waals surface area contributed by atoms with Crippen molar-refractivity contribution in [2.45, 2.75) is 19.6 Å². The fraction of sp³-hybridized carbons (Fsp3) is 0.316. The monoisotopic (exact) mass is 345 g/mol. The molecule has 6 heteroatoms. The van der Waals surface area contributed by atoms with E-state index in [1.807, 2.05) is 38.1 Å². The van der Waals surface area contributed by atoms with Gasteiger partial charge in [0.1, 0.15) is 5.82 Å². The van der Waals surface area contributed by atoms with E-state index in [1.54, 1.807) is 12.1 Å². The van der Waals surface area contributed by atoms with Crippen molar-refractivity contribution in [3.05, 3.63) is 65.0 Å². The van der Waals surface area contributed by atoms with Crippen LogP contribution in [0.15, 0.2) is 42.5 Å². The van der Waals surface area contributed by atoms with E-state index in [4.69, 9.17) is 0 Å². The first-order chi connectivity index (χ1) is 11.9. The number of aliphatic hydroxyl groups excluding tert-OH is 1. The Kier molecular flexibility index (Phi) is 6.36. The van der Waals surface area contributed by atoms with Gasteiger partial charge in [-0.05, 0) is 36.2 Å². The normalized spacial score (nSPS) is 11.7. The summed E-state index contributed by atoms with van der Waals surface area (Å²) < 4.78 is 13.6. The van der Waals surface area contributed by atoms with Gasteiger partial charge in [0.15, 0.2) is 0 Å². The fourth-order valence-corrected chi connectivity index (χ4v) is 2.44. The van der Waals surface area contributed by atoms with Crippen LogP contribution < -0.4 is 15.5 Å². The van der Waals surface area contributed by atoms with Crippen LogP contribution in [-0.2, 0) is 6.54 Å². The Balaban J connectivity index is 1.84. The predicted octanol–water partition coefficient (Wildman–Crippen LogP) is 2.73. The molecule has 2 rings (SSSR count). The predicted molar refractivity (Wildman–Crippen MR) is 97.1 cm³/mol. The molecule has 2 aromatic carbocycles. The highest BCUT2D eigenvalue weighted by Gasteiger charge is 2.13. The Labute approximate surface area is 147 Å². The number of benzene rings is 2. The van der Waals surface area contributed by atoms with E-state index in [0.29, 0.717) is 6.54 Å². The third-order valence-corrected chi connectivity index (χ3v) is 4.00. The van der Waals surface area contributed by atoms with Crippen LogP contribution in [0.4, 0.5) is 14.9 Å². The lowest BCUT2D eigenvalue weighted by Gasteiger charge is -2.16.